The number of benzene rings is 1. The van der Waals surface area contributed by atoms with E-state index in [1.54, 1.807) is 29.7 Å². The zero-order valence-corrected chi connectivity index (χ0v) is 12.8. The lowest BCUT2D eigenvalue weighted by molar-refractivity contribution is 0.100. The summed E-state index contributed by atoms with van der Waals surface area (Å²) in [6.07, 6.45) is 5.89. The number of hydrogen-bond donors (Lipinski definition) is 1. The van der Waals surface area contributed by atoms with E-state index in [0.717, 1.165) is 36.8 Å². The number of aliphatic imine (C=N–C) groups is 1. The maximum atomic E-state index is 11.8. The number of carbonyl (C=O) groups is 1. The molecule has 1 aliphatic carbocycles. The average Bonchev–Trinajstić information content (AvgIpc) is 2.92. The summed E-state index contributed by atoms with van der Waals surface area (Å²) in [7, 11) is 0. The van der Waals surface area contributed by atoms with Crippen LogP contribution in [0.15, 0.2) is 29.3 Å². The summed E-state index contributed by atoms with van der Waals surface area (Å²) in [4.78, 5) is 17.5. The third-order valence-corrected chi connectivity index (χ3v) is 4.97. The number of primary amides is 1. The van der Waals surface area contributed by atoms with Crippen molar-refractivity contribution in [3.63, 3.8) is 0 Å². The standard InChI is InChI=1S/C17H15N3OS/c18-9-11-5-7-12(8-6-11)10-20-17-15(16(19)21)13-3-1-2-4-14(13)22-17/h5-8,10H,1-4H2,(H2,19,21). The average molecular weight is 309 g/mol. The Morgan fingerprint density at radius 1 is 1.27 bits per heavy atom. The van der Waals surface area contributed by atoms with E-state index in [4.69, 9.17) is 11.0 Å². The third kappa shape index (κ3) is 2.78. The van der Waals surface area contributed by atoms with Crippen molar-refractivity contribution in [1.82, 2.24) is 0 Å². The Morgan fingerprint density at radius 2 is 2.00 bits per heavy atom. The Morgan fingerprint density at radius 3 is 2.68 bits per heavy atom. The zero-order chi connectivity index (χ0) is 15.5. The van der Waals surface area contributed by atoms with E-state index in [2.05, 4.69) is 11.1 Å². The second kappa shape index (κ2) is 6.12. The van der Waals surface area contributed by atoms with Gasteiger partial charge < -0.3 is 5.73 Å². The summed E-state index contributed by atoms with van der Waals surface area (Å²) < 4.78 is 0. The molecule has 4 nitrogen and oxygen atoms in total. The summed E-state index contributed by atoms with van der Waals surface area (Å²) >= 11 is 1.57. The fourth-order valence-corrected chi connectivity index (χ4v) is 3.91. The fourth-order valence-electron chi connectivity index (χ4n) is 2.67. The van der Waals surface area contributed by atoms with Gasteiger partial charge in [0.2, 0.25) is 0 Å². The van der Waals surface area contributed by atoms with E-state index in [1.807, 2.05) is 12.1 Å². The van der Waals surface area contributed by atoms with Crippen molar-refractivity contribution >= 4 is 28.5 Å². The Balaban J connectivity index is 1.94. The highest BCUT2D eigenvalue weighted by Crippen LogP contribution is 2.39. The SMILES string of the molecule is N#Cc1ccc(C=Nc2sc3c(c2C(N)=O)CCCC3)cc1. The van der Waals surface area contributed by atoms with Crippen LogP contribution in [0.3, 0.4) is 0 Å². The number of amides is 1. The highest BCUT2D eigenvalue weighted by molar-refractivity contribution is 7.16. The van der Waals surface area contributed by atoms with Crippen LogP contribution < -0.4 is 5.73 Å². The molecule has 1 heterocycles. The van der Waals surface area contributed by atoms with Gasteiger partial charge >= 0.3 is 0 Å². The molecule has 0 atom stereocenters. The van der Waals surface area contributed by atoms with E-state index >= 15 is 0 Å². The maximum absolute atomic E-state index is 11.8. The summed E-state index contributed by atoms with van der Waals surface area (Å²) in [5.41, 5.74) is 8.73. The van der Waals surface area contributed by atoms with Gasteiger partial charge in [-0.3, -0.25) is 4.79 Å². The van der Waals surface area contributed by atoms with Crippen molar-refractivity contribution < 1.29 is 4.79 Å². The topological polar surface area (TPSA) is 79.2 Å². The zero-order valence-electron chi connectivity index (χ0n) is 12.0. The fraction of sp³-hybridized carbons (Fsp3) is 0.235. The maximum Gasteiger partial charge on any atom is 0.252 e. The highest BCUT2D eigenvalue weighted by Gasteiger charge is 2.23. The lowest BCUT2D eigenvalue weighted by Gasteiger charge is -2.10. The first kappa shape index (κ1) is 14.5. The number of aryl methyl sites for hydroxylation is 1. The number of nitrogens with two attached hydrogens (primary N) is 1. The van der Waals surface area contributed by atoms with E-state index in [1.165, 1.54) is 4.88 Å². The summed E-state index contributed by atoms with van der Waals surface area (Å²) in [5.74, 6) is -0.397. The minimum atomic E-state index is -0.397. The van der Waals surface area contributed by atoms with Gasteiger partial charge in [-0.25, -0.2) is 4.99 Å². The molecule has 0 aliphatic heterocycles. The molecule has 1 aliphatic rings. The van der Waals surface area contributed by atoms with E-state index in [-0.39, 0.29) is 0 Å². The molecular formula is C17H15N3OS. The molecule has 0 fully saturated rings. The van der Waals surface area contributed by atoms with Crippen LogP contribution in [-0.4, -0.2) is 12.1 Å². The van der Waals surface area contributed by atoms with E-state index in [9.17, 15) is 4.79 Å². The van der Waals surface area contributed by atoms with Gasteiger partial charge in [0.15, 0.2) is 0 Å². The van der Waals surface area contributed by atoms with Gasteiger partial charge in [0.25, 0.3) is 5.91 Å². The highest BCUT2D eigenvalue weighted by atomic mass is 32.1. The minimum Gasteiger partial charge on any atom is -0.365 e. The van der Waals surface area contributed by atoms with Crippen LogP contribution >= 0.6 is 11.3 Å². The number of nitrogens with zero attached hydrogens (tertiary/aromatic N) is 2. The second-order valence-corrected chi connectivity index (χ2v) is 6.33. The predicted octanol–water partition coefficient (Wildman–Crippen LogP) is 3.35. The second-order valence-electron chi connectivity index (χ2n) is 5.25. The van der Waals surface area contributed by atoms with Crippen LogP contribution in [0.4, 0.5) is 5.00 Å². The molecule has 2 N–H and O–H groups in total. The first-order valence-corrected chi connectivity index (χ1v) is 7.99. The smallest absolute Gasteiger partial charge is 0.252 e. The molecule has 5 heteroatoms. The van der Waals surface area contributed by atoms with Crippen molar-refractivity contribution in [3.8, 4) is 6.07 Å². The van der Waals surface area contributed by atoms with Crippen LogP contribution in [0.1, 0.15) is 44.8 Å². The van der Waals surface area contributed by atoms with Crippen molar-refractivity contribution in [2.24, 2.45) is 10.7 Å². The number of thiophene rings is 1. The Bertz CT molecular complexity index is 781. The van der Waals surface area contributed by atoms with Gasteiger partial charge in [-0.1, -0.05) is 12.1 Å². The molecule has 0 radical (unpaired) electrons. The third-order valence-electron chi connectivity index (χ3n) is 3.77. The van der Waals surface area contributed by atoms with Gasteiger partial charge in [0.1, 0.15) is 5.00 Å². The monoisotopic (exact) mass is 309 g/mol. The molecule has 0 spiro atoms. The van der Waals surface area contributed by atoms with Crippen LogP contribution in [0.2, 0.25) is 0 Å². The van der Waals surface area contributed by atoms with Crippen LogP contribution in [0.25, 0.3) is 0 Å². The largest absolute Gasteiger partial charge is 0.365 e. The minimum absolute atomic E-state index is 0.397. The number of nitriles is 1. The molecule has 1 aromatic carbocycles. The Hall–Kier alpha value is -2.45. The molecule has 3 rings (SSSR count). The lowest BCUT2D eigenvalue weighted by Crippen LogP contribution is -2.14. The van der Waals surface area contributed by atoms with Crippen LogP contribution in [-0.2, 0) is 12.8 Å². The van der Waals surface area contributed by atoms with Crippen LogP contribution in [0, 0.1) is 11.3 Å². The Kier molecular flexibility index (Phi) is 4.03. The van der Waals surface area contributed by atoms with E-state index in [0.29, 0.717) is 16.1 Å². The number of hydrogen-bond acceptors (Lipinski definition) is 4. The molecule has 110 valence electrons. The van der Waals surface area contributed by atoms with Crippen molar-refractivity contribution in [1.29, 1.82) is 5.26 Å². The molecule has 1 amide bonds. The molecule has 0 bridgehead atoms. The molecule has 2 aromatic rings. The molecule has 0 unspecified atom stereocenters. The molecular weight excluding hydrogens is 294 g/mol. The molecule has 0 saturated heterocycles. The number of fused-ring (bicyclic) bond motifs is 1. The van der Waals surface area contributed by atoms with E-state index < -0.39 is 5.91 Å². The quantitative estimate of drug-likeness (QED) is 0.882. The summed E-state index contributed by atoms with van der Waals surface area (Å²) in [6.45, 7) is 0. The molecule has 0 saturated carbocycles. The van der Waals surface area contributed by atoms with Crippen molar-refractivity contribution in [2.75, 3.05) is 0 Å². The lowest BCUT2D eigenvalue weighted by atomic mass is 9.95. The van der Waals surface area contributed by atoms with Gasteiger partial charge in [-0.2, -0.15) is 5.26 Å². The first-order valence-electron chi connectivity index (χ1n) is 7.17. The normalized spacial score (nSPS) is 13.8. The number of carbonyl (C=O) groups excluding carboxylic acids is 1. The van der Waals surface area contributed by atoms with Crippen molar-refractivity contribution in [2.45, 2.75) is 25.7 Å². The molecule has 1 aromatic heterocycles. The summed E-state index contributed by atoms with van der Waals surface area (Å²) in [5, 5.41) is 9.49. The van der Waals surface area contributed by atoms with Gasteiger partial charge in [-0.05, 0) is 48.9 Å². The van der Waals surface area contributed by atoms with Gasteiger partial charge in [0, 0.05) is 11.1 Å². The summed E-state index contributed by atoms with van der Waals surface area (Å²) in [6, 6.07) is 9.24. The van der Waals surface area contributed by atoms with Crippen LogP contribution in [0.5, 0.6) is 0 Å². The van der Waals surface area contributed by atoms with Gasteiger partial charge in [-0.15, -0.1) is 11.3 Å². The molecule has 22 heavy (non-hydrogen) atoms. The first-order chi connectivity index (χ1) is 10.7. The van der Waals surface area contributed by atoms with Gasteiger partial charge in [0.05, 0.1) is 17.2 Å². The van der Waals surface area contributed by atoms with Crippen molar-refractivity contribution in [3.05, 3.63) is 51.4 Å². The Labute approximate surface area is 132 Å². The number of rotatable bonds is 3. The predicted molar refractivity (Wildman–Crippen MR) is 87.9 cm³/mol.